The van der Waals surface area contributed by atoms with Crippen LogP contribution in [0.4, 0.5) is 0 Å². The zero-order valence-electron chi connectivity index (χ0n) is 7.87. The molecule has 0 unspecified atom stereocenters. The van der Waals surface area contributed by atoms with E-state index in [9.17, 15) is 0 Å². The number of rotatable bonds is 4. The molecule has 3 nitrogen and oxygen atoms in total. The molecule has 2 rings (SSSR count). The van der Waals surface area contributed by atoms with Crippen molar-refractivity contribution in [1.29, 1.82) is 0 Å². The van der Waals surface area contributed by atoms with Gasteiger partial charge in [0.1, 0.15) is 0 Å². The van der Waals surface area contributed by atoms with E-state index in [0.29, 0.717) is 0 Å². The summed E-state index contributed by atoms with van der Waals surface area (Å²) in [5.74, 6) is 0. The fraction of sp³-hybridized carbons (Fsp3) is 1.00. The fourth-order valence-corrected chi connectivity index (χ4v) is 1.89. The summed E-state index contributed by atoms with van der Waals surface area (Å²) in [4.78, 5) is 4.98. The van der Waals surface area contributed by atoms with Gasteiger partial charge in [0.15, 0.2) is 0 Å². The molecule has 0 spiro atoms. The molecule has 0 aromatic carbocycles. The van der Waals surface area contributed by atoms with Crippen molar-refractivity contribution in [2.75, 3.05) is 33.2 Å². The molecule has 0 bridgehead atoms. The van der Waals surface area contributed by atoms with Crippen LogP contribution in [0.2, 0.25) is 0 Å². The van der Waals surface area contributed by atoms with Gasteiger partial charge < -0.3 is 5.73 Å². The lowest BCUT2D eigenvalue weighted by molar-refractivity contribution is 0.0448. The van der Waals surface area contributed by atoms with Crippen molar-refractivity contribution in [1.82, 2.24) is 9.80 Å². The minimum absolute atomic E-state index is 0.786. The summed E-state index contributed by atoms with van der Waals surface area (Å²) in [6, 6.07) is 1.74. The number of hydrogen-bond acceptors (Lipinski definition) is 3. The Kier molecular flexibility index (Phi) is 2.35. The quantitative estimate of drug-likeness (QED) is 0.628. The molecule has 2 N–H and O–H groups in total. The third kappa shape index (κ3) is 1.63. The normalized spacial score (nSPS) is 26.2. The standard InChI is InChI=1S/C9H19N3/c1-11(5-4-10)9-6-12(7-9)8-2-3-8/h8-9H,2-7,10H2,1H3. The molecule has 1 saturated heterocycles. The molecule has 2 fully saturated rings. The molecule has 1 aliphatic carbocycles. The van der Waals surface area contributed by atoms with E-state index in [2.05, 4.69) is 16.8 Å². The predicted molar refractivity (Wildman–Crippen MR) is 50.1 cm³/mol. The van der Waals surface area contributed by atoms with Crippen molar-refractivity contribution in [3.8, 4) is 0 Å². The van der Waals surface area contributed by atoms with Crippen LogP contribution >= 0.6 is 0 Å². The Morgan fingerprint density at radius 2 is 2.08 bits per heavy atom. The van der Waals surface area contributed by atoms with Crippen molar-refractivity contribution in [3.63, 3.8) is 0 Å². The molecule has 2 aliphatic rings. The first kappa shape index (κ1) is 8.48. The van der Waals surface area contributed by atoms with Gasteiger partial charge in [-0.2, -0.15) is 0 Å². The van der Waals surface area contributed by atoms with E-state index in [1.54, 1.807) is 0 Å². The summed E-state index contributed by atoms with van der Waals surface area (Å²) >= 11 is 0. The Balaban J connectivity index is 1.65. The van der Waals surface area contributed by atoms with Gasteiger partial charge in [0, 0.05) is 38.3 Å². The molecular formula is C9H19N3. The SMILES string of the molecule is CN(CCN)C1CN(C2CC2)C1. The van der Waals surface area contributed by atoms with Gasteiger partial charge in [0.2, 0.25) is 0 Å². The highest BCUT2D eigenvalue weighted by Gasteiger charge is 2.38. The summed E-state index contributed by atoms with van der Waals surface area (Å²) in [7, 11) is 2.18. The van der Waals surface area contributed by atoms with Gasteiger partial charge in [0.05, 0.1) is 0 Å². The van der Waals surface area contributed by atoms with Gasteiger partial charge in [-0.15, -0.1) is 0 Å². The topological polar surface area (TPSA) is 32.5 Å². The highest BCUT2D eigenvalue weighted by atomic mass is 15.3. The Morgan fingerprint density at radius 3 is 2.58 bits per heavy atom. The number of hydrogen-bond donors (Lipinski definition) is 1. The maximum absolute atomic E-state index is 5.50. The maximum atomic E-state index is 5.50. The summed E-state index contributed by atoms with van der Waals surface area (Å²) in [5, 5.41) is 0. The highest BCUT2D eigenvalue weighted by molar-refractivity contribution is 4.96. The van der Waals surface area contributed by atoms with E-state index < -0.39 is 0 Å². The molecule has 0 amide bonds. The molecule has 1 aliphatic heterocycles. The van der Waals surface area contributed by atoms with Crippen molar-refractivity contribution >= 4 is 0 Å². The Morgan fingerprint density at radius 1 is 1.42 bits per heavy atom. The first-order valence-electron chi connectivity index (χ1n) is 4.95. The van der Waals surface area contributed by atoms with E-state index in [0.717, 1.165) is 25.2 Å². The Labute approximate surface area is 74.5 Å². The van der Waals surface area contributed by atoms with Crippen LogP contribution in [0, 0.1) is 0 Å². The summed E-state index contributed by atoms with van der Waals surface area (Å²) in [5.41, 5.74) is 5.50. The largest absolute Gasteiger partial charge is 0.329 e. The second-order valence-corrected chi connectivity index (χ2v) is 4.11. The number of likely N-dealkylation sites (N-methyl/N-ethyl adjacent to an activating group) is 1. The third-order valence-electron chi connectivity index (χ3n) is 3.06. The van der Waals surface area contributed by atoms with Crippen LogP contribution in [-0.2, 0) is 0 Å². The van der Waals surface area contributed by atoms with Gasteiger partial charge in [-0.25, -0.2) is 0 Å². The summed E-state index contributed by atoms with van der Waals surface area (Å²) in [6.45, 7) is 4.39. The lowest BCUT2D eigenvalue weighted by atomic mass is 10.1. The molecular weight excluding hydrogens is 150 g/mol. The molecule has 0 radical (unpaired) electrons. The molecule has 0 aromatic rings. The van der Waals surface area contributed by atoms with Crippen LogP contribution < -0.4 is 5.73 Å². The fourth-order valence-electron chi connectivity index (χ4n) is 1.89. The highest BCUT2D eigenvalue weighted by Crippen LogP contribution is 2.31. The van der Waals surface area contributed by atoms with Gasteiger partial charge >= 0.3 is 0 Å². The summed E-state index contributed by atoms with van der Waals surface area (Å²) in [6.07, 6.45) is 2.88. The van der Waals surface area contributed by atoms with Crippen LogP contribution in [-0.4, -0.2) is 55.1 Å². The van der Waals surface area contributed by atoms with Gasteiger partial charge in [-0.05, 0) is 19.9 Å². The van der Waals surface area contributed by atoms with E-state index in [1.807, 2.05) is 0 Å². The van der Waals surface area contributed by atoms with Crippen LogP contribution in [0.3, 0.4) is 0 Å². The van der Waals surface area contributed by atoms with Crippen LogP contribution in [0.5, 0.6) is 0 Å². The maximum Gasteiger partial charge on any atom is 0.0348 e. The van der Waals surface area contributed by atoms with Crippen molar-refractivity contribution in [2.45, 2.75) is 24.9 Å². The van der Waals surface area contributed by atoms with E-state index in [4.69, 9.17) is 5.73 Å². The molecule has 1 saturated carbocycles. The zero-order valence-corrected chi connectivity index (χ0v) is 7.87. The number of likely N-dealkylation sites (tertiary alicyclic amines) is 1. The van der Waals surface area contributed by atoms with Gasteiger partial charge in [-0.1, -0.05) is 0 Å². The zero-order chi connectivity index (χ0) is 8.55. The number of nitrogens with two attached hydrogens (primary N) is 1. The molecule has 12 heavy (non-hydrogen) atoms. The van der Waals surface area contributed by atoms with Crippen molar-refractivity contribution < 1.29 is 0 Å². The summed E-state index contributed by atoms with van der Waals surface area (Å²) < 4.78 is 0. The smallest absolute Gasteiger partial charge is 0.0348 e. The molecule has 3 heteroatoms. The first-order valence-corrected chi connectivity index (χ1v) is 4.95. The first-order chi connectivity index (χ1) is 5.81. The lowest BCUT2D eigenvalue weighted by Crippen LogP contribution is -2.59. The van der Waals surface area contributed by atoms with Crippen LogP contribution in [0.15, 0.2) is 0 Å². The second kappa shape index (κ2) is 3.32. The van der Waals surface area contributed by atoms with Crippen LogP contribution in [0.25, 0.3) is 0 Å². The van der Waals surface area contributed by atoms with E-state index >= 15 is 0 Å². The molecule has 70 valence electrons. The molecule has 0 atom stereocenters. The van der Waals surface area contributed by atoms with E-state index in [1.165, 1.54) is 25.9 Å². The third-order valence-corrected chi connectivity index (χ3v) is 3.06. The van der Waals surface area contributed by atoms with Crippen LogP contribution in [0.1, 0.15) is 12.8 Å². The van der Waals surface area contributed by atoms with Crippen molar-refractivity contribution in [2.24, 2.45) is 5.73 Å². The molecule has 1 heterocycles. The van der Waals surface area contributed by atoms with Gasteiger partial charge in [0.25, 0.3) is 0 Å². The van der Waals surface area contributed by atoms with E-state index in [-0.39, 0.29) is 0 Å². The minimum Gasteiger partial charge on any atom is -0.329 e. The predicted octanol–water partition coefficient (Wildman–Crippen LogP) is -0.276. The number of nitrogens with zero attached hydrogens (tertiary/aromatic N) is 2. The Hall–Kier alpha value is -0.120. The molecule has 0 aromatic heterocycles. The average molecular weight is 169 g/mol. The van der Waals surface area contributed by atoms with Crippen molar-refractivity contribution in [3.05, 3.63) is 0 Å². The average Bonchev–Trinajstić information content (AvgIpc) is 2.68. The Bertz CT molecular complexity index is 150. The second-order valence-electron chi connectivity index (χ2n) is 4.11. The van der Waals surface area contributed by atoms with Gasteiger partial charge in [-0.3, -0.25) is 9.80 Å². The monoisotopic (exact) mass is 169 g/mol. The minimum atomic E-state index is 0.786. The lowest BCUT2D eigenvalue weighted by Gasteiger charge is -2.44.